The zero-order valence-corrected chi connectivity index (χ0v) is 12.0. The molecule has 1 saturated heterocycles. The van der Waals surface area contributed by atoms with Crippen molar-refractivity contribution in [1.82, 2.24) is 14.5 Å². The van der Waals surface area contributed by atoms with Gasteiger partial charge >= 0.3 is 0 Å². The van der Waals surface area contributed by atoms with Gasteiger partial charge in [0.05, 0.1) is 5.69 Å². The van der Waals surface area contributed by atoms with Crippen molar-refractivity contribution in [2.45, 2.75) is 32.4 Å². The molecule has 0 bridgehead atoms. The third-order valence-corrected chi connectivity index (χ3v) is 4.08. The van der Waals surface area contributed by atoms with Crippen LogP contribution in [-0.2, 0) is 6.54 Å². The zero-order valence-electron chi connectivity index (χ0n) is 12.0. The Morgan fingerprint density at radius 2 is 1.90 bits per heavy atom. The summed E-state index contributed by atoms with van der Waals surface area (Å²) in [5.41, 5.74) is 8.37. The van der Waals surface area contributed by atoms with Gasteiger partial charge in [0.2, 0.25) is 5.95 Å². The molecule has 0 atom stereocenters. The molecule has 20 heavy (non-hydrogen) atoms. The van der Waals surface area contributed by atoms with E-state index in [0.29, 0.717) is 12.0 Å². The molecule has 1 aromatic heterocycles. The van der Waals surface area contributed by atoms with Crippen LogP contribution in [0.15, 0.2) is 36.5 Å². The Balaban J connectivity index is 1.58. The van der Waals surface area contributed by atoms with Gasteiger partial charge in [-0.2, -0.15) is 0 Å². The minimum Gasteiger partial charge on any atom is -0.369 e. The molecule has 2 heterocycles. The van der Waals surface area contributed by atoms with E-state index >= 15 is 0 Å². The summed E-state index contributed by atoms with van der Waals surface area (Å²) < 4.78 is 2.15. The summed E-state index contributed by atoms with van der Waals surface area (Å²) in [6.45, 7) is 5.29. The highest BCUT2D eigenvalue weighted by atomic mass is 15.2. The Hall–Kier alpha value is -1.81. The molecule has 0 amide bonds. The molecule has 4 nitrogen and oxygen atoms in total. The largest absolute Gasteiger partial charge is 0.369 e. The fraction of sp³-hybridized carbons (Fsp3) is 0.438. The molecule has 2 aromatic rings. The molecule has 0 aliphatic carbocycles. The van der Waals surface area contributed by atoms with Gasteiger partial charge in [-0.1, -0.05) is 30.3 Å². The SMILES string of the molecule is Cc1cn(C2CCN(Cc3ccccc3)CC2)c(N)n1. The van der Waals surface area contributed by atoms with Crippen molar-refractivity contribution >= 4 is 5.95 Å². The van der Waals surface area contributed by atoms with Gasteiger partial charge in [0.1, 0.15) is 0 Å². The van der Waals surface area contributed by atoms with Crippen molar-refractivity contribution in [2.75, 3.05) is 18.8 Å². The Labute approximate surface area is 120 Å². The maximum absolute atomic E-state index is 5.97. The number of nitrogens with zero attached hydrogens (tertiary/aromatic N) is 3. The van der Waals surface area contributed by atoms with Gasteiger partial charge < -0.3 is 10.3 Å². The number of aromatic nitrogens is 2. The fourth-order valence-electron chi connectivity index (χ4n) is 3.02. The van der Waals surface area contributed by atoms with Crippen molar-refractivity contribution < 1.29 is 0 Å². The first kappa shape index (κ1) is 13.2. The summed E-state index contributed by atoms with van der Waals surface area (Å²) in [6.07, 6.45) is 4.37. The van der Waals surface area contributed by atoms with Crippen LogP contribution in [0, 0.1) is 6.92 Å². The van der Waals surface area contributed by atoms with Crippen molar-refractivity contribution in [2.24, 2.45) is 0 Å². The standard InChI is InChI=1S/C16H22N4/c1-13-11-20(16(17)18-13)15-7-9-19(10-8-15)12-14-5-3-2-4-6-14/h2-6,11,15H,7-10,12H2,1H3,(H2,17,18). The maximum Gasteiger partial charge on any atom is 0.200 e. The summed E-state index contributed by atoms with van der Waals surface area (Å²) in [4.78, 5) is 6.82. The van der Waals surface area contributed by atoms with Crippen LogP contribution in [-0.4, -0.2) is 27.5 Å². The van der Waals surface area contributed by atoms with Gasteiger partial charge in [0.25, 0.3) is 0 Å². The normalized spacial score (nSPS) is 17.4. The van der Waals surface area contributed by atoms with Gasteiger partial charge in [-0.15, -0.1) is 0 Å². The molecule has 0 unspecified atom stereocenters. The summed E-state index contributed by atoms with van der Waals surface area (Å²) >= 11 is 0. The molecule has 1 aliphatic rings. The van der Waals surface area contributed by atoms with E-state index in [1.165, 1.54) is 5.56 Å². The lowest BCUT2D eigenvalue weighted by atomic mass is 10.0. The van der Waals surface area contributed by atoms with Crippen molar-refractivity contribution in [1.29, 1.82) is 0 Å². The highest BCUT2D eigenvalue weighted by molar-refractivity contribution is 5.22. The molecule has 1 aliphatic heterocycles. The van der Waals surface area contributed by atoms with Crippen LogP contribution in [0.3, 0.4) is 0 Å². The second kappa shape index (κ2) is 5.67. The first-order chi connectivity index (χ1) is 9.72. The highest BCUT2D eigenvalue weighted by Gasteiger charge is 2.22. The number of aryl methyl sites for hydroxylation is 1. The molecule has 106 valence electrons. The Bertz CT molecular complexity index is 553. The van der Waals surface area contributed by atoms with Gasteiger partial charge in [0.15, 0.2) is 0 Å². The Morgan fingerprint density at radius 1 is 1.20 bits per heavy atom. The molecule has 1 aromatic carbocycles. The molecule has 3 rings (SSSR count). The molecular weight excluding hydrogens is 248 g/mol. The first-order valence-corrected chi connectivity index (χ1v) is 7.29. The van der Waals surface area contributed by atoms with Gasteiger partial charge in [0, 0.05) is 31.9 Å². The predicted molar refractivity (Wildman–Crippen MR) is 81.4 cm³/mol. The number of anilines is 1. The topological polar surface area (TPSA) is 47.1 Å². The van der Waals surface area contributed by atoms with Crippen LogP contribution in [0.5, 0.6) is 0 Å². The van der Waals surface area contributed by atoms with E-state index in [4.69, 9.17) is 5.73 Å². The van der Waals surface area contributed by atoms with Crippen LogP contribution < -0.4 is 5.73 Å². The number of piperidine rings is 1. The maximum atomic E-state index is 5.97. The molecule has 1 fully saturated rings. The van der Waals surface area contributed by atoms with Gasteiger partial charge in [-0.3, -0.25) is 4.90 Å². The molecular formula is C16H22N4. The van der Waals surface area contributed by atoms with E-state index < -0.39 is 0 Å². The van der Waals surface area contributed by atoms with E-state index in [-0.39, 0.29) is 0 Å². The predicted octanol–water partition coefficient (Wildman–Crippen LogP) is 2.61. The number of nitrogen functional groups attached to an aromatic ring is 1. The van der Waals surface area contributed by atoms with Gasteiger partial charge in [-0.25, -0.2) is 4.98 Å². The lowest BCUT2D eigenvalue weighted by molar-refractivity contribution is 0.180. The number of imidazole rings is 1. The quantitative estimate of drug-likeness (QED) is 0.932. The first-order valence-electron chi connectivity index (χ1n) is 7.29. The Morgan fingerprint density at radius 3 is 2.50 bits per heavy atom. The summed E-state index contributed by atoms with van der Waals surface area (Å²) in [6, 6.07) is 11.2. The van der Waals surface area contributed by atoms with Crippen LogP contribution >= 0.6 is 0 Å². The minimum atomic E-state index is 0.503. The average molecular weight is 270 g/mol. The molecule has 2 N–H and O–H groups in total. The van der Waals surface area contributed by atoms with E-state index in [1.54, 1.807) is 0 Å². The summed E-state index contributed by atoms with van der Waals surface area (Å²) in [5.74, 6) is 0.656. The van der Waals surface area contributed by atoms with E-state index in [2.05, 4.69) is 51.0 Å². The third-order valence-electron chi connectivity index (χ3n) is 4.08. The van der Waals surface area contributed by atoms with Crippen LogP contribution in [0.1, 0.15) is 30.1 Å². The Kier molecular flexibility index (Phi) is 3.74. The van der Waals surface area contributed by atoms with Gasteiger partial charge in [-0.05, 0) is 25.3 Å². The second-order valence-corrected chi connectivity index (χ2v) is 5.64. The summed E-state index contributed by atoms with van der Waals surface area (Å²) in [5, 5.41) is 0. The molecule has 0 saturated carbocycles. The number of rotatable bonds is 3. The molecule has 0 spiro atoms. The highest BCUT2D eigenvalue weighted by Crippen LogP contribution is 2.26. The number of nitrogens with two attached hydrogens (primary N) is 1. The third kappa shape index (κ3) is 2.85. The number of hydrogen-bond acceptors (Lipinski definition) is 3. The smallest absolute Gasteiger partial charge is 0.200 e. The lowest BCUT2D eigenvalue weighted by Crippen LogP contribution is -2.34. The average Bonchev–Trinajstić information content (AvgIpc) is 2.80. The van der Waals surface area contributed by atoms with E-state index in [0.717, 1.165) is 38.2 Å². The van der Waals surface area contributed by atoms with Crippen molar-refractivity contribution in [3.8, 4) is 0 Å². The fourth-order valence-corrected chi connectivity index (χ4v) is 3.02. The van der Waals surface area contributed by atoms with Crippen LogP contribution in [0.2, 0.25) is 0 Å². The number of benzene rings is 1. The van der Waals surface area contributed by atoms with Crippen LogP contribution in [0.25, 0.3) is 0 Å². The van der Waals surface area contributed by atoms with E-state index in [1.807, 2.05) is 6.92 Å². The molecule has 4 heteroatoms. The van der Waals surface area contributed by atoms with Crippen molar-refractivity contribution in [3.63, 3.8) is 0 Å². The monoisotopic (exact) mass is 270 g/mol. The lowest BCUT2D eigenvalue weighted by Gasteiger charge is -2.32. The zero-order chi connectivity index (χ0) is 13.9. The summed E-state index contributed by atoms with van der Waals surface area (Å²) in [7, 11) is 0. The minimum absolute atomic E-state index is 0.503. The van der Waals surface area contributed by atoms with E-state index in [9.17, 15) is 0 Å². The number of hydrogen-bond donors (Lipinski definition) is 1. The van der Waals surface area contributed by atoms with Crippen LogP contribution in [0.4, 0.5) is 5.95 Å². The van der Waals surface area contributed by atoms with Crippen molar-refractivity contribution in [3.05, 3.63) is 47.8 Å². The molecule has 0 radical (unpaired) electrons. The second-order valence-electron chi connectivity index (χ2n) is 5.64. The number of likely N-dealkylation sites (tertiary alicyclic amines) is 1.